The van der Waals surface area contributed by atoms with Gasteiger partial charge in [0.1, 0.15) is 0 Å². The average molecular weight is 433 g/mol. The van der Waals surface area contributed by atoms with Crippen LogP contribution in [0, 0.1) is 35.5 Å². The zero-order chi connectivity index (χ0) is 21.6. The first-order valence-electron chi connectivity index (χ1n) is 13.7. The Hall–Kier alpha value is -0.610. The number of amides is 1. The van der Waals surface area contributed by atoms with Gasteiger partial charge in [0, 0.05) is 26.1 Å². The lowest BCUT2D eigenvalue weighted by molar-refractivity contribution is -0.143. The second-order valence-corrected chi connectivity index (χ2v) is 11.4. The summed E-state index contributed by atoms with van der Waals surface area (Å²) in [5.74, 6) is 4.44. The van der Waals surface area contributed by atoms with Gasteiger partial charge in [-0.05, 0) is 75.7 Å². The maximum atomic E-state index is 12.7. The molecule has 3 aliphatic carbocycles. The van der Waals surface area contributed by atoms with E-state index in [0.717, 1.165) is 43.7 Å². The summed E-state index contributed by atoms with van der Waals surface area (Å²) in [6, 6.07) is 0. The Kier molecular flexibility index (Phi) is 8.73. The normalized spacial score (nSPS) is 34.9. The number of carbonyl (C=O) groups is 1. The van der Waals surface area contributed by atoms with Crippen molar-refractivity contribution in [2.24, 2.45) is 35.5 Å². The van der Waals surface area contributed by atoms with E-state index >= 15 is 0 Å². The zero-order valence-electron chi connectivity index (χ0n) is 20.3. The highest BCUT2D eigenvalue weighted by molar-refractivity contribution is 5.79. The van der Waals surface area contributed by atoms with Crippen molar-refractivity contribution in [1.82, 2.24) is 10.2 Å². The van der Waals surface area contributed by atoms with Crippen molar-refractivity contribution >= 4 is 5.91 Å². The molecule has 1 aliphatic heterocycles. The summed E-state index contributed by atoms with van der Waals surface area (Å²) in [6.45, 7) is 2.62. The van der Waals surface area contributed by atoms with E-state index in [1.165, 1.54) is 77.0 Å². The molecule has 3 saturated carbocycles. The molecule has 1 saturated heterocycles. The van der Waals surface area contributed by atoms with Crippen LogP contribution in [0.25, 0.3) is 0 Å². The minimum atomic E-state index is 0.0779. The molecule has 31 heavy (non-hydrogen) atoms. The van der Waals surface area contributed by atoms with E-state index in [9.17, 15) is 4.79 Å². The lowest BCUT2D eigenvalue weighted by atomic mass is 9.63. The molecule has 4 aliphatic rings. The second-order valence-electron chi connectivity index (χ2n) is 11.4. The van der Waals surface area contributed by atoms with Crippen LogP contribution in [0.2, 0.25) is 0 Å². The van der Waals surface area contributed by atoms with Crippen LogP contribution in [0.3, 0.4) is 0 Å². The molecule has 1 heterocycles. The molecule has 1 N–H and O–H groups in total. The molecular formula is C27H48N2O2. The van der Waals surface area contributed by atoms with Gasteiger partial charge >= 0.3 is 0 Å². The third-order valence-corrected chi connectivity index (χ3v) is 9.42. The molecule has 4 fully saturated rings. The summed E-state index contributed by atoms with van der Waals surface area (Å²) >= 11 is 0. The smallest absolute Gasteiger partial charge is 0.227 e. The molecule has 1 amide bonds. The highest BCUT2D eigenvalue weighted by atomic mass is 16.5. The van der Waals surface area contributed by atoms with E-state index < -0.39 is 0 Å². The van der Waals surface area contributed by atoms with Crippen molar-refractivity contribution in [2.45, 2.75) is 96.0 Å². The van der Waals surface area contributed by atoms with E-state index in [2.05, 4.69) is 12.4 Å². The van der Waals surface area contributed by atoms with Crippen molar-refractivity contribution in [3.8, 4) is 0 Å². The van der Waals surface area contributed by atoms with Gasteiger partial charge in [-0.1, -0.05) is 44.9 Å². The van der Waals surface area contributed by atoms with Gasteiger partial charge in [-0.25, -0.2) is 0 Å². The summed E-state index contributed by atoms with van der Waals surface area (Å²) in [4.78, 5) is 14.6. The number of piperidine rings is 1. The molecule has 0 radical (unpaired) electrons. The van der Waals surface area contributed by atoms with E-state index in [-0.39, 0.29) is 5.92 Å². The van der Waals surface area contributed by atoms with Crippen molar-refractivity contribution in [1.29, 1.82) is 0 Å². The number of ether oxygens (including phenoxy) is 1. The number of hydrogen-bond donors (Lipinski definition) is 1. The van der Waals surface area contributed by atoms with Gasteiger partial charge in [0.15, 0.2) is 0 Å². The monoisotopic (exact) mass is 432 g/mol. The quantitative estimate of drug-likeness (QED) is 0.569. The Morgan fingerprint density at radius 3 is 2.42 bits per heavy atom. The van der Waals surface area contributed by atoms with E-state index in [1.54, 1.807) is 0 Å². The SMILES string of the molecule is CNC[C@H](C1CCC2CCCCC2C1)[C@H](OCC1CCCN(C)C1=O)C1CCCCC1. The zero-order valence-corrected chi connectivity index (χ0v) is 20.3. The van der Waals surface area contributed by atoms with Crippen molar-refractivity contribution in [3.05, 3.63) is 0 Å². The molecule has 0 spiro atoms. The molecule has 4 heteroatoms. The fourth-order valence-corrected chi connectivity index (χ4v) is 7.66. The van der Waals surface area contributed by atoms with E-state index in [4.69, 9.17) is 4.74 Å². The Morgan fingerprint density at radius 1 is 0.903 bits per heavy atom. The number of nitrogens with one attached hydrogen (secondary N) is 1. The summed E-state index contributed by atoms with van der Waals surface area (Å²) in [5, 5.41) is 3.56. The number of carbonyl (C=O) groups excluding carboxylic acids is 1. The van der Waals surface area contributed by atoms with Crippen molar-refractivity contribution < 1.29 is 9.53 Å². The minimum Gasteiger partial charge on any atom is -0.377 e. The molecule has 0 aromatic rings. The van der Waals surface area contributed by atoms with Crippen LogP contribution < -0.4 is 5.32 Å². The van der Waals surface area contributed by atoms with E-state index in [0.29, 0.717) is 30.5 Å². The number of likely N-dealkylation sites (tertiary alicyclic amines) is 1. The molecule has 4 rings (SSSR count). The van der Waals surface area contributed by atoms with Crippen LogP contribution in [-0.2, 0) is 9.53 Å². The lowest BCUT2D eigenvalue weighted by Crippen LogP contribution is -2.46. The number of fused-ring (bicyclic) bond motifs is 1. The third-order valence-electron chi connectivity index (χ3n) is 9.42. The maximum absolute atomic E-state index is 12.7. The lowest BCUT2D eigenvalue weighted by Gasteiger charge is -2.46. The highest BCUT2D eigenvalue weighted by Gasteiger charge is 2.41. The largest absolute Gasteiger partial charge is 0.377 e. The first-order valence-corrected chi connectivity index (χ1v) is 13.7. The van der Waals surface area contributed by atoms with Crippen LogP contribution >= 0.6 is 0 Å². The summed E-state index contributed by atoms with van der Waals surface area (Å²) in [6.07, 6.45) is 19.3. The third kappa shape index (κ3) is 5.85. The van der Waals surface area contributed by atoms with Crippen molar-refractivity contribution in [3.63, 3.8) is 0 Å². The predicted octanol–water partition coefficient (Wildman–Crippen LogP) is 5.26. The maximum Gasteiger partial charge on any atom is 0.227 e. The summed E-state index contributed by atoms with van der Waals surface area (Å²) in [5.41, 5.74) is 0. The molecular weight excluding hydrogens is 384 g/mol. The first-order chi connectivity index (χ1) is 15.2. The first kappa shape index (κ1) is 23.5. The van der Waals surface area contributed by atoms with E-state index in [1.807, 2.05) is 11.9 Å². The fourth-order valence-electron chi connectivity index (χ4n) is 7.66. The van der Waals surface area contributed by atoms with Gasteiger partial charge in [0.25, 0.3) is 0 Å². The van der Waals surface area contributed by atoms with Crippen LogP contribution in [0.15, 0.2) is 0 Å². The summed E-state index contributed by atoms with van der Waals surface area (Å²) in [7, 11) is 4.08. The minimum absolute atomic E-state index is 0.0779. The molecule has 4 unspecified atom stereocenters. The molecule has 0 bridgehead atoms. The Bertz CT molecular complexity index is 561. The van der Waals surface area contributed by atoms with Crippen molar-refractivity contribution in [2.75, 3.05) is 33.8 Å². The van der Waals surface area contributed by atoms with Gasteiger partial charge in [0.05, 0.1) is 18.6 Å². The topological polar surface area (TPSA) is 41.6 Å². The molecule has 6 atom stereocenters. The second kappa shape index (κ2) is 11.5. The predicted molar refractivity (Wildman–Crippen MR) is 127 cm³/mol. The van der Waals surface area contributed by atoms with Gasteiger partial charge in [-0.15, -0.1) is 0 Å². The number of hydrogen-bond acceptors (Lipinski definition) is 3. The Labute approximate surface area is 191 Å². The number of rotatable bonds is 8. The Morgan fingerprint density at radius 2 is 1.65 bits per heavy atom. The highest BCUT2D eigenvalue weighted by Crippen LogP contribution is 2.47. The number of nitrogens with zero attached hydrogens (tertiary/aromatic N) is 1. The Balaban J connectivity index is 1.46. The summed E-state index contributed by atoms with van der Waals surface area (Å²) < 4.78 is 6.86. The molecule has 178 valence electrons. The fraction of sp³-hybridized carbons (Fsp3) is 0.963. The standard InChI is InChI=1S/C27H48N2O2/c1-28-18-25(23-15-14-20-9-6-7-12-22(20)17-23)26(21-10-4-3-5-11-21)31-19-24-13-8-16-29(2)27(24)30/h20-26,28H,3-19H2,1-2H3/t20?,22?,23?,24?,25-,26-/m1/s1. The van der Waals surface area contributed by atoms with Gasteiger partial charge in [-0.2, -0.15) is 0 Å². The van der Waals surface area contributed by atoms with Gasteiger partial charge in [0.2, 0.25) is 5.91 Å². The van der Waals surface area contributed by atoms with Crippen LogP contribution in [0.5, 0.6) is 0 Å². The molecule has 0 aromatic heterocycles. The van der Waals surface area contributed by atoms with Crippen LogP contribution in [0.1, 0.15) is 89.9 Å². The molecule has 4 nitrogen and oxygen atoms in total. The van der Waals surface area contributed by atoms with Crippen LogP contribution in [-0.4, -0.2) is 50.7 Å². The van der Waals surface area contributed by atoms with Crippen LogP contribution in [0.4, 0.5) is 0 Å². The van der Waals surface area contributed by atoms with Gasteiger partial charge in [-0.3, -0.25) is 4.79 Å². The average Bonchev–Trinajstić information content (AvgIpc) is 2.81. The molecule has 0 aromatic carbocycles. The van der Waals surface area contributed by atoms with Gasteiger partial charge < -0.3 is 15.0 Å².